The Bertz CT molecular complexity index is 1480. The second-order valence-corrected chi connectivity index (χ2v) is 11.7. The zero-order valence-electron chi connectivity index (χ0n) is 24.8. The third-order valence-corrected chi connectivity index (χ3v) is 8.35. The fourth-order valence-electron chi connectivity index (χ4n) is 6.06. The Kier molecular flexibility index (Phi) is 8.19. The summed E-state index contributed by atoms with van der Waals surface area (Å²) in [7, 11) is 2.21. The average molecular weight is 546 g/mol. The number of allylic oxidation sites excluding steroid dienone is 1. The molecular weight excluding hydrogens is 501 g/mol. The minimum absolute atomic E-state index is 0. The number of aryl methyl sites for hydroxylation is 2. The molecule has 214 valence electrons. The lowest BCUT2D eigenvalue weighted by Gasteiger charge is -2.39. The Balaban J connectivity index is 0.00000387. The summed E-state index contributed by atoms with van der Waals surface area (Å²) in [6.45, 7) is 19.1. The maximum Gasteiger partial charge on any atom is 0.227 e. The predicted octanol–water partition coefficient (Wildman–Crippen LogP) is 6.67. The van der Waals surface area contributed by atoms with Gasteiger partial charge in [0.05, 0.1) is 17.2 Å². The molecule has 3 aromatic rings. The van der Waals surface area contributed by atoms with Crippen LogP contribution >= 0.6 is 0 Å². The van der Waals surface area contributed by atoms with Gasteiger partial charge in [0, 0.05) is 37.9 Å². The number of imidazole rings is 1. The van der Waals surface area contributed by atoms with Crippen molar-refractivity contribution in [1.82, 2.24) is 29.3 Å². The van der Waals surface area contributed by atoms with Crippen LogP contribution in [-0.4, -0.2) is 68.6 Å². The van der Waals surface area contributed by atoms with Crippen LogP contribution in [0.15, 0.2) is 53.9 Å². The summed E-state index contributed by atoms with van der Waals surface area (Å²) in [5.74, 6) is 0.797. The molecule has 0 atom stereocenters. The van der Waals surface area contributed by atoms with Crippen LogP contribution in [-0.2, 0) is 0 Å². The number of halogens is 1. The van der Waals surface area contributed by atoms with Crippen molar-refractivity contribution in [1.29, 1.82) is 0 Å². The molecule has 1 saturated heterocycles. The van der Waals surface area contributed by atoms with E-state index in [2.05, 4.69) is 70.1 Å². The largest absolute Gasteiger partial charge is 0.326 e. The number of anilines is 1. The quantitative estimate of drug-likeness (QED) is 0.335. The number of piperidine rings is 1. The first-order valence-corrected chi connectivity index (χ1v) is 14.4. The third kappa shape index (κ3) is 5.88. The molecule has 5 rings (SSSR count). The van der Waals surface area contributed by atoms with E-state index in [1.807, 2.05) is 32.1 Å². The molecule has 0 amide bonds. The first-order valence-electron chi connectivity index (χ1n) is 14.4. The lowest BCUT2D eigenvalue weighted by Crippen LogP contribution is -2.46. The van der Waals surface area contributed by atoms with Gasteiger partial charge in [-0.3, -0.25) is 4.90 Å². The van der Waals surface area contributed by atoms with Crippen LogP contribution in [0, 0.1) is 19.7 Å². The Morgan fingerprint density at radius 3 is 2.62 bits per heavy atom. The van der Waals surface area contributed by atoms with Gasteiger partial charge in [0.1, 0.15) is 11.5 Å². The molecule has 0 spiro atoms. The Morgan fingerprint density at radius 2 is 1.90 bits per heavy atom. The van der Waals surface area contributed by atoms with Crippen LogP contribution in [0.4, 0.5) is 10.3 Å². The third-order valence-electron chi connectivity index (χ3n) is 8.35. The SMILES string of the molecule is C=C(/C=C\C1=C(C)CCN(C2CCN(C)CC2)C1)Nc1ncc(F)c(-c2cc(C)c3nc(C)n(C(C)C)c3c2)n1.[HH]. The molecule has 2 aliphatic rings. The highest BCUT2D eigenvalue weighted by Gasteiger charge is 2.26. The molecule has 1 aromatic carbocycles. The first kappa shape index (κ1) is 28.2. The molecule has 0 unspecified atom stereocenters. The summed E-state index contributed by atoms with van der Waals surface area (Å²) < 4.78 is 17.2. The van der Waals surface area contributed by atoms with E-state index in [1.165, 1.54) is 43.3 Å². The number of nitrogens with one attached hydrogen (secondary N) is 1. The smallest absolute Gasteiger partial charge is 0.227 e. The second kappa shape index (κ2) is 11.6. The normalized spacial score (nSPS) is 18.0. The van der Waals surface area contributed by atoms with Crippen LogP contribution in [0.1, 0.15) is 58.9 Å². The summed E-state index contributed by atoms with van der Waals surface area (Å²) >= 11 is 0. The van der Waals surface area contributed by atoms with Gasteiger partial charge < -0.3 is 14.8 Å². The van der Waals surface area contributed by atoms with Gasteiger partial charge in [0.25, 0.3) is 0 Å². The van der Waals surface area contributed by atoms with Crippen molar-refractivity contribution in [2.45, 2.75) is 66.0 Å². The lowest BCUT2D eigenvalue weighted by molar-refractivity contribution is 0.126. The van der Waals surface area contributed by atoms with Gasteiger partial charge in [-0.25, -0.2) is 19.3 Å². The molecule has 0 aliphatic carbocycles. The van der Waals surface area contributed by atoms with E-state index in [-0.39, 0.29) is 13.2 Å². The number of nitrogens with zero attached hydrogens (tertiary/aromatic N) is 6. The summed E-state index contributed by atoms with van der Waals surface area (Å²) in [4.78, 5) is 18.5. The second-order valence-electron chi connectivity index (χ2n) is 11.7. The topological polar surface area (TPSA) is 62.1 Å². The van der Waals surface area contributed by atoms with Gasteiger partial charge in [0.15, 0.2) is 5.82 Å². The standard InChI is InChI=1S/C32H42FN7.H2/c1-20(2)40-24(6)36-30-22(4)16-26(17-29(30)40)31-28(33)18-34-32(37-31)35-23(5)8-9-25-19-39(15-10-21(25)3)27-11-13-38(7)14-12-27;/h8-9,16-18,20,27H,5,10-15,19H2,1-4,6-7H3,(H,34,35,37);1H/b9-8-;. The molecule has 4 heterocycles. The number of fused-ring (bicyclic) bond motifs is 1. The van der Waals surface area contributed by atoms with Gasteiger partial charge in [-0.15, -0.1) is 0 Å². The van der Waals surface area contributed by atoms with Gasteiger partial charge in [-0.2, -0.15) is 0 Å². The van der Waals surface area contributed by atoms with Crippen LogP contribution < -0.4 is 5.32 Å². The van der Waals surface area contributed by atoms with Crippen LogP contribution in [0.25, 0.3) is 22.3 Å². The number of likely N-dealkylation sites (tertiary alicyclic amines) is 1. The summed E-state index contributed by atoms with van der Waals surface area (Å²) in [5.41, 5.74) is 7.29. The Hall–Kier alpha value is -3.36. The molecular formula is C32H44FN7. The van der Waals surface area contributed by atoms with Gasteiger partial charge in [0.2, 0.25) is 5.95 Å². The molecule has 1 N–H and O–H groups in total. The first-order chi connectivity index (χ1) is 19.1. The molecule has 0 radical (unpaired) electrons. The van der Waals surface area contributed by atoms with E-state index >= 15 is 4.39 Å². The maximum absolute atomic E-state index is 15.0. The monoisotopic (exact) mass is 545 g/mol. The summed E-state index contributed by atoms with van der Waals surface area (Å²) in [6, 6.07) is 4.81. The van der Waals surface area contributed by atoms with E-state index < -0.39 is 5.82 Å². The summed E-state index contributed by atoms with van der Waals surface area (Å²) in [6.07, 6.45) is 8.91. The van der Waals surface area contributed by atoms with Crippen molar-refractivity contribution < 1.29 is 5.82 Å². The number of hydrogen-bond donors (Lipinski definition) is 1. The van der Waals surface area contributed by atoms with Gasteiger partial charge >= 0.3 is 0 Å². The Labute approximate surface area is 239 Å². The Morgan fingerprint density at radius 1 is 1.15 bits per heavy atom. The minimum atomic E-state index is -0.463. The number of benzene rings is 1. The van der Waals surface area contributed by atoms with Crippen molar-refractivity contribution >= 4 is 17.0 Å². The van der Waals surface area contributed by atoms with E-state index in [0.29, 0.717) is 23.3 Å². The lowest BCUT2D eigenvalue weighted by atomic mass is 9.96. The van der Waals surface area contributed by atoms with Crippen LogP contribution in [0.3, 0.4) is 0 Å². The zero-order valence-corrected chi connectivity index (χ0v) is 24.8. The maximum atomic E-state index is 15.0. The zero-order chi connectivity index (χ0) is 28.6. The van der Waals surface area contributed by atoms with Gasteiger partial charge in [-0.1, -0.05) is 18.2 Å². The number of aromatic nitrogens is 4. The van der Waals surface area contributed by atoms with Crippen molar-refractivity contribution in [2.75, 3.05) is 38.5 Å². The predicted molar refractivity (Wildman–Crippen MR) is 164 cm³/mol. The molecule has 2 aromatic heterocycles. The molecule has 0 bridgehead atoms. The highest BCUT2D eigenvalue weighted by Crippen LogP contribution is 2.31. The fraction of sp³-hybridized carbons (Fsp3) is 0.469. The number of hydrogen-bond acceptors (Lipinski definition) is 6. The average Bonchev–Trinajstić information content (AvgIpc) is 3.26. The molecule has 1 fully saturated rings. The van der Waals surface area contributed by atoms with Crippen LogP contribution in [0.5, 0.6) is 0 Å². The fourth-order valence-corrected chi connectivity index (χ4v) is 6.06. The van der Waals surface area contributed by atoms with E-state index in [0.717, 1.165) is 41.9 Å². The van der Waals surface area contributed by atoms with E-state index in [9.17, 15) is 0 Å². The van der Waals surface area contributed by atoms with Crippen molar-refractivity contribution in [3.05, 3.63) is 71.1 Å². The van der Waals surface area contributed by atoms with Crippen molar-refractivity contribution in [3.63, 3.8) is 0 Å². The molecule has 0 saturated carbocycles. The highest BCUT2D eigenvalue weighted by atomic mass is 19.1. The summed E-state index contributed by atoms with van der Waals surface area (Å²) in [5, 5.41) is 3.17. The van der Waals surface area contributed by atoms with Crippen LogP contribution in [0.2, 0.25) is 0 Å². The minimum Gasteiger partial charge on any atom is -0.326 e. The van der Waals surface area contributed by atoms with Crippen molar-refractivity contribution in [3.8, 4) is 11.3 Å². The number of rotatable bonds is 7. The van der Waals surface area contributed by atoms with E-state index in [4.69, 9.17) is 4.98 Å². The highest BCUT2D eigenvalue weighted by molar-refractivity contribution is 5.85. The van der Waals surface area contributed by atoms with Crippen molar-refractivity contribution in [2.24, 2.45) is 0 Å². The van der Waals surface area contributed by atoms with E-state index in [1.54, 1.807) is 0 Å². The van der Waals surface area contributed by atoms with Gasteiger partial charge in [-0.05, 0) is 103 Å². The molecule has 40 heavy (non-hydrogen) atoms. The molecule has 2 aliphatic heterocycles. The molecule has 7 nitrogen and oxygen atoms in total. The molecule has 8 heteroatoms.